The second kappa shape index (κ2) is 6.32. The van der Waals surface area contributed by atoms with Crippen molar-refractivity contribution in [2.24, 2.45) is 5.73 Å². The number of carbonyl (C=O) groups is 2. The molecule has 0 atom stereocenters. The summed E-state index contributed by atoms with van der Waals surface area (Å²) in [6, 6.07) is 5.00. The van der Waals surface area contributed by atoms with Gasteiger partial charge in [0.2, 0.25) is 0 Å². The number of thiocarbonyl (C=S) groups is 1. The number of nitrogens with one attached hydrogen (secondary N) is 2. The van der Waals surface area contributed by atoms with Gasteiger partial charge < -0.3 is 16.4 Å². The lowest BCUT2D eigenvalue weighted by atomic mass is 10.2. The van der Waals surface area contributed by atoms with Gasteiger partial charge >= 0.3 is 11.8 Å². The van der Waals surface area contributed by atoms with Crippen LogP contribution < -0.4 is 16.4 Å². The molecule has 0 radical (unpaired) electrons. The highest BCUT2D eigenvalue weighted by atomic mass is 35.5. The van der Waals surface area contributed by atoms with Crippen molar-refractivity contribution in [3.63, 3.8) is 0 Å². The van der Waals surface area contributed by atoms with E-state index in [0.29, 0.717) is 10.7 Å². The van der Waals surface area contributed by atoms with Crippen molar-refractivity contribution in [1.82, 2.24) is 5.32 Å². The molecule has 0 saturated carbocycles. The van der Waals surface area contributed by atoms with Crippen LogP contribution >= 0.6 is 23.8 Å². The third-order valence-corrected chi connectivity index (χ3v) is 2.46. The third kappa shape index (κ3) is 4.31. The summed E-state index contributed by atoms with van der Waals surface area (Å²) in [4.78, 5) is 23.0. The average Bonchev–Trinajstić information content (AvgIpc) is 2.30. The first-order valence-corrected chi connectivity index (χ1v) is 5.82. The van der Waals surface area contributed by atoms with Gasteiger partial charge in [0.1, 0.15) is 0 Å². The monoisotopic (exact) mass is 285 g/mol. The fraction of sp³-hybridized carbons (Fsp3) is 0.182. The summed E-state index contributed by atoms with van der Waals surface area (Å²) in [5.74, 6) is -1.60. The van der Waals surface area contributed by atoms with Crippen molar-refractivity contribution in [2.45, 2.75) is 6.92 Å². The average molecular weight is 286 g/mol. The number of amides is 2. The summed E-state index contributed by atoms with van der Waals surface area (Å²) < 4.78 is 0. The molecule has 2 amide bonds. The Hall–Kier alpha value is -1.66. The molecule has 4 N–H and O–H groups in total. The molecule has 1 rings (SSSR count). The molecule has 0 saturated heterocycles. The van der Waals surface area contributed by atoms with E-state index in [2.05, 4.69) is 22.9 Å². The van der Waals surface area contributed by atoms with Crippen molar-refractivity contribution >= 4 is 46.3 Å². The van der Waals surface area contributed by atoms with Crippen molar-refractivity contribution in [1.29, 1.82) is 0 Å². The van der Waals surface area contributed by atoms with E-state index in [4.69, 9.17) is 17.3 Å². The summed E-state index contributed by atoms with van der Waals surface area (Å²) in [6.07, 6.45) is 0. The van der Waals surface area contributed by atoms with E-state index < -0.39 is 11.8 Å². The van der Waals surface area contributed by atoms with Gasteiger partial charge in [-0.2, -0.15) is 0 Å². The van der Waals surface area contributed by atoms with Gasteiger partial charge in [-0.3, -0.25) is 9.59 Å². The molecule has 1 aromatic rings. The highest BCUT2D eigenvalue weighted by molar-refractivity contribution is 7.80. The standard InChI is InChI=1S/C11H12ClN3O2S/c1-6-2-3-7(12)4-8(6)15-11(17)10(16)14-5-9(13)18/h2-4H,5H2,1H3,(H2,13,18)(H,14,16)(H,15,17). The molecule has 1 aromatic carbocycles. The molecule has 96 valence electrons. The molecule has 0 aromatic heterocycles. The molecule has 0 heterocycles. The van der Waals surface area contributed by atoms with Gasteiger partial charge in [-0.05, 0) is 24.6 Å². The molecular weight excluding hydrogens is 274 g/mol. The zero-order chi connectivity index (χ0) is 13.7. The zero-order valence-corrected chi connectivity index (χ0v) is 11.2. The van der Waals surface area contributed by atoms with E-state index in [1.807, 2.05) is 0 Å². The van der Waals surface area contributed by atoms with Crippen LogP contribution in [-0.4, -0.2) is 23.3 Å². The SMILES string of the molecule is Cc1ccc(Cl)cc1NC(=O)C(=O)NCC(N)=S. The van der Waals surface area contributed by atoms with Gasteiger partial charge in [-0.1, -0.05) is 29.9 Å². The summed E-state index contributed by atoms with van der Waals surface area (Å²) in [7, 11) is 0. The van der Waals surface area contributed by atoms with Crippen molar-refractivity contribution in [3.8, 4) is 0 Å². The maximum atomic E-state index is 11.5. The number of hydrogen-bond acceptors (Lipinski definition) is 3. The maximum absolute atomic E-state index is 11.5. The van der Waals surface area contributed by atoms with Crippen molar-refractivity contribution in [2.75, 3.05) is 11.9 Å². The molecule has 0 aliphatic rings. The van der Waals surface area contributed by atoms with Gasteiger partial charge in [-0.15, -0.1) is 0 Å². The predicted octanol–water partition coefficient (Wildman–Crippen LogP) is 0.989. The lowest BCUT2D eigenvalue weighted by Crippen LogP contribution is -2.39. The first-order valence-electron chi connectivity index (χ1n) is 5.04. The number of aryl methyl sites for hydroxylation is 1. The second-order valence-corrected chi connectivity index (χ2v) is 4.52. The number of halogens is 1. The fourth-order valence-corrected chi connectivity index (χ4v) is 1.40. The molecule has 0 unspecified atom stereocenters. The number of anilines is 1. The van der Waals surface area contributed by atoms with Gasteiger partial charge in [0.25, 0.3) is 0 Å². The van der Waals surface area contributed by atoms with E-state index >= 15 is 0 Å². The van der Waals surface area contributed by atoms with Crippen LogP contribution in [0.3, 0.4) is 0 Å². The van der Waals surface area contributed by atoms with Crippen LogP contribution in [0.4, 0.5) is 5.69 Å². The van der Waals surface area contributed by atoms with Crippen LogP contribution in [0.1, 0.15) is 5.56 Å². The third-order valence-electron chi connectivity index (χ3n) is 2.08. The smallest absolute Gasteiger partial charge is 0.313 e. The van der Waals surface area contributed by atoms with E-state index in [9.17, 15) is 9.59 Å². The minimum atomic E-state index is -0.804. The lowest BCUT2D eigenvalue weighted by molar-refractivity contribution is -0.135. The summed E-state index contributed by atoms with van der Waals surface area (Å²) in [5.41, 5.74) is 6.49. The van der Waals surface area contributed by atoms with Gasteiger partial charge in [-0.25, -0.2) is 0 Å². The Kier molecular flexibility index (Phi) is 5.06. The summed E-state index contributed by atoms with van der Waals surface area (Å²) >= 11 is 10.4. The van der Waals surface area contributed by atoms with Crippen LogP contribution in [0.2, 0.25) is 5.02 Å². The summed E-state index contributed by atoms with van der Waals surface area (Å²) in [5, 5.41) is 5.21. The van der Waals surface area contributed by atoms with E-state index in [-0.39, 0.29) is 11.5 Å². The number of rotatable bonds is 3. The molecule has 18 heavy (non-hydrogen) atoms. The molecule has 0 fully saturated rings. The highest BCUT2D eigenvalue weighted by Crippen LogP contribution is 2.19. The largest absolute Gasteiger partial charge is 0.392 e. The second-order valence-electron chi connectivity index (χ2n) is 3.56. The van der Waals surface area contributed by atoms with Gasteiger partial charge in [0, 0.05) is 10.7 Å². The van der Waals surface area contributed by atoms with E-state index in [0.717, 1.165) is 5.56 Å². The Bertz CT molecular complexity index is 505. The molecular formula is C11H12ClN3O2S. The van der Waals surface area contributed by atoms with Crippen LogP contribution in [0.15, 0.2) is 18.2 Å². The minimum absolute atomic E-state index is 0.0177. The number of nitrogens with two attached hydrogens (primary N) is 1. The van der Waals surface area contributed by atoms with Crippen LogP contribution in [0, 0.1) is 6.92 Å². The normalized spacial score (nSPS) is 9.67. The van der Waals surface area contributed by atoms with Gasteiger partial charge in [0.05, 0.1) is 11.5 Å². The Labute approximate surface area is 115 Å². The molecule has 5 nitrogen and oxygen atoms in total. The topological polar surface area (TPSA) is 84.2 Å². The first kappa shape index (κ1) is 14.4. The molecule has 0 aliphatic carbocycles. The molecule has 0 spiro atoms. The number of benzene rings is 1. The zero-order valence-electron chi connectivity index (χ0n) is 9.62. The Morgan fingerprint density at radius 2 is 2.06 bits per heavy atom. The first-order chi connectivity index (χ1) is 8.40. The quantitative estimate of drug-likeness (QED) is 0.571. The van der Waals surface area contributed by atoms with Crippen LogP contribution in [-0.2, 0) is 9.59 Å². The Balaban J connectivity index is 2.66. The highest BCUT2D eigenvalue weighted by Gasteiger charge is 2.14. The van der Waals surface area contributed by atoms with Crippen molar-refractivity contribution in [3.05, 3.63) is 28.8 Å². The molecule has 0 bridgehead atoms. The fourth-order valence-electron chi connectivity index (χ4n) is 1.16. The molecule has 0 aliphatic heterocycles. The van der Waals surface area contributed by atoms with Gasteiger partial charge in [0.15, 0.2) is 0 Å². The van der Waals surface area contributed by atoms with Crippen LogP contribution in [0.25, 0.3) is 0 Å². The van der Waals surface area contributed by atoms with Crippen LogP contribution in [0.5, 0.6) is 0 Å². The number of carbonyl (C=O) groups excluding carboxylic acids is 2. The summed E-state index contributed by atoms with van der Waals surface area (Å²) in [6.45, 7) is 1.77. The van der Waals surface area contributed by atoms with Crippen molar-refractivity contribution < 1.29 is 9.59 Å². The van der Waals surface area contributed by atoms with E-state index in [1.54, 1.807) is 25.1 Å². The number of hydrogen-bond donors (Lipinski definition) is 3. The predicted molar refractivity (Wildman–Crippen MR) is 74.6 cm³/mol. The minimum Gasteiger partial charge on any atom is -0.392 e. The Morgan fingerprint density at radius 1 is 1.39 bits per heavy atom. The Morgan fingerprint density at radius 3 is 2.67 bits per heavy atom. The van der Waals surface area contributed by atoms with E-state index in [1.165, 1.54) is 0 Å². The lowest BCUT2D eigenvalue weighted by Gasteiger charge is -2.08. The maximum Gasteiger partial charge on any atom is 0.313 e. The molecule has 7 heteroatoms.